The standard InChI is InChI=1S/C18H28N2O4/c1-13(21)20(18(2,3)4)10-9-17(22)19-12-14-7-8-15(23-5)16(11-14)24-6/h7-8,11H,9-10,12H2,1-6H3,(H,19,22). The number of nitrogens with zero attached hydrogens (tertiary/aromatic N) is 1. The van der Waals surface area contributed by atoms with Crippen LogP contribution in [-0.4, -0.2) is 43.0 Å². The van der Waals surface area contributed by atoms with Gasteiger partial charge >= 0.3 is 0 Å². The third-order valence-electron chi connectivity index (χ3n) is 3.69. The SMILES string of the molecule is COc1ccc(CNC(=O)CCN(C(C)=O)C(C)(C)C)cc1OC. The Kier molecular flexibility index (Phi) is 7.07. The van der Waals surface area contributed by atoms with Crippen LogP contribution in [-0.2, 0) is 16.1 Å². The predicted octanol–water partition coefficient (Wildman–Crippen LogP) is 2.36. The van der Waals surface area contributed by atoms with Crippen LogP contribution >= 0.6 is 0 Å². The van der Waals surface area contributed by atoms with Gasteiger partial charge in [0.25, 0.3) is 0 Å². The quantitative estimate of drug-likeness (QED) is 0.830. The molecule has 0 bridgehead atoms. The van der Waals surface area contributed by atoms with Crippen LogP contribution in [0.25, 0.3) is 0 Å². The van der Waals surface area contributed by atoms with Crippen LogP contribution in [0, 0.1) is 0 Å². The molecular formula is C18H28N2O4. The molecule has 0 aromatic heterocycles. The summed E-state index contributed by atoms with van der Waals surface area (Å²) in [5.41, 5.74) is 0.621. The first kappa shape index (κ1) is 19.8. The van der Waals surface area contributed by atoms with Crippen molar-refractivity contribution < 1.29 is 19.1 Å². The van der Waals surface area contributed by atoms with Crippen LogP contribution in [0.4, 0.5) is 0 Å². The fourth-order valence-electron chi connectivity index (χ4n) is 2.46. The summed E-state index contributed by atoms with van der Waals surface area (Å²) in [6, 6.07) is 5.51. The minimum Gasteiger partial charge on any atom is -0.493 e. The number of methoxy groups -OCH3 is 2. The lowest BCUT2D eigenvalue weighted by Gasteiger charge is -2.34. The molecule has 6 heteroatoms. The molecule has 1 aromatic rings. The minimum atomic E-state index is -0.296. The molecule has 0 fully saturated rings. The smallest absolute Gasteiger partial charge is 0.222 e. The van der Waals surface area contributed by atoms with Gasteiger partial charge in [0.2, 0.25) is 11.8 Å². The molecule has 0 unspecified atom stereocenters. The van der Waals surface area contributed by atoms with E-state index in [0.717, 1.165) is 5.56 Å². The zero-order valence-electron chi connectivity index (χ0n) is 15.4. The molecule has 1 N–H and O–H groups in total. The number of hydrogen-bond acceptors (Lipinski definition) is 4. The monoisotopic (exact) mass is 336 g/mol. The van der Waals surface area contributed by atoms with Crippen LogP contribution in [0.15, 0.2) is 18.2 Å². The molecule has 0 aliphatic heterocycles. The molecule has 1 aromatic carbocycles. The molecule has 0 heterocycles. The number of ether oxygens (including phenoxy) is 2. The van der Waals surface area contributed by atoms with Gasteiger partial charge in [0.15, 0.2) is 11.5 Å². The largest absolute Gasteiger partial charge is 0.493 e. The second-order valence-electron chi connectivity index (χ2n) is 6.56. The summed E-state index contributed by atoms with van der Waals surface area (Å²) < 4.78 is 10.4. The molecule has 134 valence electrons. The summed E-state index contributed by atoms with van der Waals surface area (Å²) >= 11 is 0. The molecule has 0 aliphatic rings. The lowest BCUT2D eigenvalue weighted by Crippen LogP contribution is -2.46. The molecule has 24 heavy (non-hydrogen) atoms. The van der Waals surface area contributed by atoms with E-state index in [1.807, 2.05) is 32.9 Å². The maximum Gasteiger partial charge on any atom is 0.222 e. The van der Waals surface area contributed by atoms with Crippen molar-refractivity contribution in [2.45, 2.75) is 46.2 Å². The van der Waals surface area contributed by atoms with E-state index in [9.17, 15) is 9.59 Å². The molecule has 0 saturated carbocycles. The van der Waals surface area contributed by atoms with Crippen molar-refractivity contribution in [1.82, 2.24) is 10.2 Å². The van der Waals surface area contributed by atoms with E-state index in [-0.39, 0.29) is 23.8 Å². The zero-order chi connectivity index (χ0) is 18.3. The highest BCUT2D eigenvalue weighted by Crippen LogP contribution is 2.27. The first-order valence-corrected chi connectivity index (χ1v) is 7.95. The summed E-state index contributed by atoms with van der Waals surface area (Å²) in [5, 5.41) is 2.86. The van der Waals surface area contributed by atoms with Crippen LogP contribution in [0.3, 0.4) is 0 Å². The lowest BCUT2D eigenvalue weighted by molar-refractivity contribution is -0.134. The van der Waals surface area contributed by atoms with Crippen molar-refractivity contribution in [1.29, 1.82) is 0 Å². The van der Waals surface area contributed by atoms with Crippen molar-refractivity contribution in [3.05, 3.63) is 23.8 Å². The molecule has 1 rings (SSSR count). The van der Waals surface area contributed by atoms with Crippen molar-refractivity contribution in [2.75, 3.05) is 20.8 Å². The summed E-state index contributed by atoms with van der Waals surface area (Å²) in [7, 11) is 3.15. The molecular weight excluding hydrogens is 308 g/mol. The molecule has 0 spiro atoms. The third-order valence-corrected chi connectivity index (χ3v) is 3.69. The molecule has 2 amide bonds. The van der Waals surface area contributed by atoms with E-state index in [1.165, 1.54) is 6.92 Å². The van der Waals surface area contributed by atoms with Gasteiger partial charge < -0.3 is 19.7 Å². The van der Waals surface area contributed by atoms with Crippen LogP contribution in [0.2, 0.25) is 0 Å². The second-order valence-corrected chi connectivity index (χ2v) is 6.56. The third kappa shape index (κ3) is 5.76. The fourth-order valence-corrected chi connectivity index (χ4v) is 2.46. The highest BCUT2D eigenvalue weighted by molar-refractivity contribution is 5.78. The van der Waals surface area contributed by atoms with E-state index in [4.69, 9.17) is 9.47 Å². The Labute approximate surface area is 144 Å². The summed E-state index contributed by atoms with van der Waals surface area (Å²) in [6.45, 7) is 8.18. The van der Waals surface area contributed by atoms with Crippen LogP contribution in [0.5, 0.6) is 11.5 Å². The van der Waals surface area contributed by atoms with Gasteiger partial charge in [-0.3, -0.25) is 9.59 Å². The maximum absolute atomic E-state index is 12.0. The van der Waals surface area contributed by atoms with Crippen LogP contribution < -0.4 is 14.8 Å². The van der Waals surface area contributed by atoms with Gasteiger partial charge in [-0.05, 0) is 38.5 Å². The van der Waals surface area contributed by atoms with E-state index in [2.05, 4.69) is 5.32 Å². The van der Waals surface area contributed by atoms with Gasteiger partial charge in [-0.2, -0.15) is 0 Å². The number of hydrogen-bond donors (Lipinski definition) is 1. The Hall–Kier alpha value is -2.24. The highest BCUT2D eigenvalue weighted by Gasteiger charge is 2.23. The Balaban J connectivity index is 2.56. The molecule has 0 radical (unpaired) electrons. The van der Waals surface area contributed by atoms with Crippen molar-refractivity contribution in [2.24, 2.45) is 0 Å². The minimum absolute atomic E-state index is 0.0322. The first-order valence-electron chi connectivity index (χ1n) is 7.95. The Morgan fingerprint density at radius 2 is 1.75 bits per heavy atom. The summed E-state index contributed by atoms with van der Waals surface area (Å²) in [6.07, 6.45) is 0.268. The maximum atomic E-state index is 12.0. The predicted molar refractivity (Wildman–Crippen MR) is 93.1 cm³/mol. The second kappa shape index (κ2) is 8.57. The van der Waals surface area contributed by atoms with E-state index >= 15 is 0 Å². The number of benzene rings is 1. The van der Waals surface area contributed by atoms with E-state index in [0.29, 0.717) is 24.6 Å². The van der Waals surface area contributed by atoms with Gasteiger partial charge in [-0.15, -0.1) is 0 Å². The van der Waals surface area contributed by atoms with Crippen LogP contribution in [0.1, 0.15) is 39.7 Å². The number of carbonyl (C=O) groups is 2. The zero-order valence-corrected chi connectivity index (χ0v) is 15.4. The van der Waals surface area contributed by atoms with Gasteiger partial charge in [0, 0.05) is 32.0 Å². The lowest BCUT2D eigenvalue weighted by atomic mass is 10.1. The average molecular weight is 336 g/mol. The van der Waals surface area contributed by atoms with Crippen molar-refractivity contribution in [3.63, 3.8) is 0 Å². The number of rotatable bonds is 7. The summed E-state index contributed by atoms with van der Waals surface area (Å²) in [5.74, 6) is 1.14. The average Bonchev–Trinajstić information content (AvgIpc) is 2.51. The molecule has 0 aliphatic carbocycles. The fraction of sp³-hybridized carbons (Fsp3) is 0.556. The van der Waals surface area contributed by atoms with Gasteiger partial charge in [0.1, 0.15) is 0 Å². The Morgan fingerprint density at radius 3 is 2.25 bits per heavy atom. The van der Waals surface area contributed by atoms with Gasteiger partial charge in [-0.1, -0.05) is 6.07 Å². The number of nitrogens with one attached hydrogen (secondary N) is 1. The van der Waals surface area contributed by atoms with Gasteiger partial charge in [0.05, 0.1) is 14.2 Å². The van der Waals surface area contributed by atoms with Crippen molar-refractivity contribution in [3.8, 4) is 11.5 Å². The normalized spacial score (nSPS) is 10.9. The topological polar surface area (TPSA) is 67.9 Å². The van der Waals surface area contributed by atoms with Gasteiger partial charge in [-0.25, -0.2) is 0 Å². The summed E-state index contributed by atoms with van der Waals surface area (Å²) in [4.78, 5) is 25.4. The highest BCUT2D eigenvalue weighted by atomic mass is 16.5. The molecule has 0 atom stereocenters. The molecule has 0 saturated heterocycles. The Bertz CT molecular complexity index is 579. The van der Waals surface area contributed by atoms with E-state index in [1.54, 1.807) is 25.2 Å². The Morgan fingerprint density at radius 1 is 1.12 bits per heavy atom. The number of amides is 2. The number of carbonyl (C=O) groups excluding carboxylic acids is 2. The molecule has 6 nitrogen and oxygen atoms in total. The van der Waals surface area contributed by atoms with Crippen molar-refractivity contribution >= 4 is 11.8 Å². The van der Waals surface area contributed by atoms with E-state index < -0.39 is 0 Å². The first-order chi connectivity index (χ1) is 11.2.